The lowest BCUT2D eigenvalue weighted by atomic mass is 9.86. The summed E-state index contributed by atoms with van der Waals surface area (Å²) in [7, 11) is -6.64. The van der Waals surface area contributed by atoms with Crippen LogP contribution in [0, 0.1) is 0 Å². The van der Waals surface area contributed by atoms with Crippen LogP contribution in [-0.4, -0.2) is 47.2 Å². The number of hydrogen-bond acceptors (Lipinski definition) is 5. The molecule has 4 rings (SSSR count). The molecule has 1 saturated heterocycles. The van der Waals surface area contributed by atoms with Crippen molar-refractivity contribution < 1.29 is 35.5 Å². The van der Waals surface area contributed by atoms with Crippen molar-refractivity contribution in [2.45, 2.75) is 87.9 Å². The van der Waals surface area contributed by atoms with Crippen LogP contribution < -0.4 is 4.74 Å². The van der Waals surface area contributed by atoms with Crippen LogP contribution in [0.5, 0.6) is 5.75 Å². The molecule has 252 valence electrons. The maximum atomic E-state index is 14.2. The van der Waals surface area contributed by atoms with Crippen LogP contribution in [0.1, 0.15) is 57.2 Å². The number of ether oxygens (including phenoxy) is 2. The van der Waals surface area contributed by atoms with Gasteiger partial charge in [-0.1, -0.05) is 93.7 Å². The Balaban J connectivity index is 1.48. The van der Waals surface area contributed by atoms with Crippen molar-refractivity contribution >= 4 is 41.4 Å². The molecule has 1 aliphatic rings. The Bertz CT molecular complexity index is 1540. The predicted octanol–water partition coefficient (Wildman–Crippen LogP) is 9.75. The maximum absolute atomic E-state index is 14.2. The second-order valence-electron chi connectivity index (χ2n) is 13.2. The van der Waals surface area contributed by atoms with Gasteiger partial charge in [0.15, 0.2) is 18.2 Å². The Morgan fingerprint density at radius 2 is 1.37 bits per heavy atom. The first-order valence-corrected chi connectivity index (χ1v) is 20.5. The molecule has 1 fully saturated rings. The third-order valence-corrected chi connectivity index (χ3v) is 16.4. The number of epoxide rings is 1. The smallest absolute Gasteiger partial charge is 0.445 e. The van der Waals surface area contributed by atoms with E-state index in [4.69, 9.17) is 37.1 Å². The van der Waals surface area contributed by atoms with Gasteiger partial charge in [-0.15, -0.1) is 0 Å². The highest BCUT2D eigenvalue weighted by molar-refractivity contribution is 7.92. The minimum atomic E-state index is -4.67. The van der Waals surface area contributed by atoms with Crippen LogP contribution in [0.3, 0.4) is 0 Å². The summed E-state index contributed by atoms with van der Waals surface area (Å²) in [6.07, 6.45) is -4.91. The number of hydrogen-bond donors (Lipinski definition) is 0. The molecular formula is C34H41Cl2F3O5SSi. The van der Waals surface area contributed by atoms with Gasteiger partial charge in [0.05, 0.1) is 5.75 Å². The van der Waals surface area contributed by atoms with Crippen molar-refractivity contribution in [1.29, 1.82) is 0 Å². The van der Waals surface area contributed by atoms with Crippen molar-refractivity contribution in [1.82, 2.24) is 0 Å². The van der Waals surface area contributed by atoms with E-state index < -0.39 is 46.0 Å². The fraction of sp³-hybridized carbons (Fsp3) is 0.471. The third-order valence-electron chi connectivity index (χ3n) is 9.01. The Hall–Kier alpha value is -2.08. The highest BCUT2D eigenvalue weighted by Gasteiger charge is 2.76. The minimum Gasteiger partial charge on any atom is -0.493 e. The number of benzene rings is 3. The van der Waals surface area contributed by atoms with Gasteiger partial charge in [0, 0.05) is 16.5 Å². The molecule has 3 aromatic rings. The summed E-state index contributed by atoms with van der Waals surface area (Å²) in [5, 5.41) is 0.568. The van der Waals surface area contributed by atoms with Gasteiger partial charge >= 0.3 is 6.18 Å². The highest BCUT2D eigenvalue weighted by atomic mass is 35.5. The first-order chi connectivity index (χ1) is 21.3. The third kappa shape index (κ3) is 7.47. The fourth-order valence-electron chi connectivity index (χ4n) is 5.42. The van der Waals surface area contributed by atoms with Crippen LogP contribution in [0.2, 0.25) is 28.2 Å². The van der Waals surface area contributed by atoms with Gasteiger partial charge in [-0.2, -0.15) is 13.2 Å². The van der Waals surface area contributed by atoms with E-state index in [9.17, 15) is 21.6 Å². The summed E-state index contributed by atoms with van der Waals surface area (Å²) in [6.45, 7) is 11.0. The molecule has 0 saturated carbocycles. The van der Waals surface area contributed by atoms with E-state index >= 15 is 0 Å². The molecule has 0 aliphatic carbocycles. The molecule has 12 heteroatoms. The second kappa shape index (κ2) is 13.4. The zero-order chi connectivity index (χ0) is 34.2. The number of rotatable bonds is 13. The monoisotopic (exact) mass is 716 g/mol. The minimum absolute atomic E-state index is 0.00448. The van der Waals surface area contributed by atoms with Crippen molar-refractivity contribution in [3.63, 3.8) is 0 Å². The molecule has 1 heterocycles. The summed E-state index contributed by atoms with van der Waals surface area (Å²) < 4.78 is 86.4. The lowest BCUT2D eigenvalue weighted by Gasteiger charge is -2.38. The van der Waals surface area contributed by atoms with Crippen LogP contribution >= 0.6 is 23.2 Å². The Morgan fingerprint density at radius 1 is 0.870 bits per heavy atom. The van der Waals surface area contributed by atoms with Crippen LogP contribution in [0.15, 0.2) is 72.8 Å². The van der Waals surface area contributed by atoms with E-state index in [-0.39, 0.29) is 18.8 Å². The van der Waals surface area contributed by atoms with Crippen molar-refractivity contribution in [3.05, 3.63) is 99.5 Å². The van der Waals surface area contributed by atoms with E-state index in [1.807, 2.05) is 27.7 Å². The van der Waals surface area contributed by atoms with Gasteiger partial charge in [-0.3, -0.25) is 0 Å². The first-order valence-electron chi connectivity index (χ1n) is 15.2. The maximum Gasteiger partial charge on any atom is 0.445 e. The Labute approximate surface area is 281 Å². The van der Waals surface area contributed by atoms with Gasteiger partial charge in [-0.25, -0.2) is 8.42 Å². The highest BCUT2D eigenvalue weighted by Crippen LogP contribution is 2.55. The van der Waals surface area contributed by atoms with Crippen molar-refractivity contribution in [2.24, 2.45) is 0 Å². The average molecular weight is 718 g/mol. The van der Waals surface area contributed by atoms with Crippen LogP contribution in [-0.2, 0) is 30.2 Å². The summed E-state index contributed by atoms with van der Waals surface area (Å²) in [4.78, 5) is 0. The number of sulfone groups is 1. The molecule has 0 bridgehead atoms. The predicted molar refractivity (Wildman–Crippen MR) is 180 cm³/mol. The van der Waals surface area contributed by atoms with Crippen LogP contribution in [0.4, 0.5) is 13.2 Å². The Morgan fingerprint density at radius 3 is 1.80 bits per heavy atom. The quantitative estimate of drug-likeness (QED) is 0.130. The number of alkyl halides is 3. The molecule has 0 amide bonds. The molecule has 46 heavy (non-hydrogen) atoms. The van der Waals surface area contributed by atoms with Gasteiger partial charge in [0.25, 0.3) is 5.79 Å². The summed E-state index contributed by atoms with van der Waals surface area (Å²) in [5.74, 6) is -2.50. The van der Waals surface area contributed by atoms with Gasteiger partial charge in [0.1, 0.15) is 23.2 Å². The van der Waals surface area contributed by atoms with Gasteiger partial charge in [-0.05, 0) is 77.6 Å². The molecule has 0 aromatic heterocycles. The molecular weight excluding hydrogens is 676 g/mol. The van der Waals surface area contributed by atoms with E-state index in [1.165, 1.54) is 0 Å². The average Bonchev–Trinajstić information content (AvgIpc) is 3.65. The van der Waals surface area contributed by atoms with Crippen molar-refractivity contribution in [2.75, 3.05) is 12.4 Å². The van der Waals surface area contributed by atoms with Crippen LogP contribution in [0.25, 0.3) is 0 Å². The molecule has 3 aromatic carbocycles. The molecule has 2 atom stereocenters. The summed E-state index contributed by atoms with van der Waals surface area (Å²) >= 11 is 12.3. The lowest BCUT2D eigenvalue weighted by molar-refractivity contribution is -0.247. The van der Waals surface area contributed by atoms with E-state index in [1.54, 1.807) is 85.9 Å². The summed E-state index contributed by atoms with van der Waals surface area (Å²) in [6, 6.07) is 20.2. The molecule has 0 radical (unpaired) electrons. The van der Waals surface area contributed by atoms with E-state index in [0.717, 1.165) is 0 Å². The fourth-order valence-corrected chi connectivity index (χ4v) is 9.19. The normalized spacial score (nSPS) is 19.2. The number of halogens is 5. The molecule has 0 N–H and O–H groups in total. The topological polar surface area (TPSA) is 65.1 Å². The molecule has 1 aliphatic heterocycles. The molecule has 5 nitrogen and oxygen atoms in total. The van der Waals surface area contributed by atoms with Gasteiger partial charge in [0.2, 0.25) is 0 Å². The van der Waals surface area contributed by atoms with Gasteiger partial charge < -0.3 is 13.9 Å². The standard InChI is InChI=1S/C34H41Cl2F3O5SSi/c1-7-20-32(25-10-14-27(35)15-11-25,26-12-16-28(36)17-13-26)45(40,41)22-21-42-29-18-8-24(9-19-29)23-30-33(43-30,34(37,38)39)44-46(5,6)31(2,3)4/h8-19,30H,7,20-23H2,1-6H3. The van der Waals surface area contributed by atoms with E-state index in [0.29, 0.717) is 45.3 Å². The lowest BCUT2D eigenvalue weighted by Crippen LogP contribution is -2.51. The molecule has 2 unspecified atom stereocenters. The SMILES string of the molecule is CCCC(c1ccc(Cl)cc1)(c1ccc(Cl)cc1)S(=O)(=O)CCOc1ccc(CC2OC2(O[Si](C)(C)C(C)(C)C)C(F)(F)F)cc1. The zero-order valence-electron chi connectivity index (χ0n) is 26.9. The molecule has 0 spiro atoms. The second-order valence-corrected chi connectivity index (χ2v) is 21.2. The van der Waals surface area contributed by atoms with Crippen molar-refractivity contribution in [3.8, 4) is 5.75 Å². The van der Waals surface area contributed by atoms with E-state index in [2.05, 4.69) is 0 Å². The summed E-state index contributed by atoms with van der Waals surface area (Å²) in [5.41, 5.74) is 1.81. The zero-order valence-corrected chi connectivity index (χ0v) is 30.2. The Kier molecular flexibility index (Phi) is 10.7. The largest absolute Gasteiger partial charge is 0.493 e. The first kappa shape index (κ1) is 36.7.